The van der Waals surface area contributed by atoms with Crippen LogP contribution in [0.5, 0.6) is 0 Å². The SMILES string of the molecule is CCNC(=O)Nc1cc(Nc2ccccc2)c(C(=O)Nc2ccc(CCC(C)=O)cc2)cn1. The number of carbonyl (C=O) groups excluding carboxylic acids is 3. The zero-order chi connectivity index (χ0) is 23.6. The van der Waals surface area contributed by atoms with Crippen molar-refractivity contribution >= 4 is 40.6 Å². The Morgan fingerprint density at radius 3 is 2.30 bits per heavy atom. The van der Waals surface area contributed by atoms with E-state index in [9.17, 15) is 14.4 Å². The van der Waals surface area contributed by atoms with Crippen LogP contribution in [0.25, 0.3) is 0 Å². The molecule has 0 aliphatic heterocycles. The Kier molecular flexibility index (Phi) is 8.13. The third-order valence-corrected chi connectivity index (χ3v) is 4.76. The Balaban J connectivity index is 1.80. The van der Waals surface area contributed by atoms with Crippen molar-refractivity contribution in [1.82, 2.24) is 10.3 Å². The first-order valence-corrected chi connectivity index (χ1v) is 10.7. The van der Waals surface area contributed by atoms with Crippen molar-refractivity contribution in [3.05, 3.63) is 78.0 Å². The summed E-state index contributed by atoms with van der Waals surface area (Å²) in [7, 11) is 0. The first kappa shape index (κ1) is 23.5. The Hall–Kier alpha value is -4.20. The van der Waals surface area contributed by atoms with Gasteiger partial charge in [-0.2, -0.15) is 0 Å². The molecule has 4 N–H and O–H groups in total. The van der Waals surface area contributed by atoms with E-state index in [1.807, 2.05) is 49.4 Å². The van der Waals surface area contributed by atoms with E-state index in [0.717, 1.165) is 11.3 Å². The molecular weight excluding hydrogens is 418 g/mol. The summed E-state index contributed by atoms with van der Waals surface area (Å²) in [6, 6.07) is 18.0. The number of hydrogen-bond acceptors (Lipinski definition) is 5. The van der Waals surface area contributed by atoms with Gasteiger partial charge in [0.25, 0.3) is 5.91 Å². The molecule has 3 amide bonds. The average molecular weight is 446 g/mol. The molecule has 2 aromatic carbocycles. The minimum atomic E-state index is -0.377. The van der Waals surface area contributed by atoms with Gasteiger partial charge in [0.15, 0.2) is 0 Å². The summed E-state index contributed by atoms with van der Waals surface area (Å²) >= 11 is 0. The van der Waals surface area contributed by atoms with E-state index >= 15 is 0 Å². The van der Waals surface area contributed by atoms with Crippen molar-refractivity contribution in [1.29, 1.82) is 0 Å². The maximum absolute atomic E-state index is 13.0. The number of carbonyl (C=O) groups is 3. The lowest BCUT2D eigenvalue weighted by molar-refractivity contribution is -0.116. The van der Waals surface area contributed by atoms with Gasteiger partial charge in [0.05, 0.1) is 11.3 Å². The Morgan fingerprint density at radius 1 is 0.909 bits per heavy atom. The number of amides is 3. The third-order valence-electron chi connectivity index (χ3n) is 4.76. The van der Waals surface area contributed by atoms with Crippen LogP contribution in [0.2, 0.25) is 0 Å². The minimum Gasteiger partial charge on any atom is -0.355 e. The number of para-hydroxylation sites is 1. The Bertz CT molecular complexity index is 1110. The summed E-state index contributed by atoms with van der Waals surface area (Å²) in [6.07, 6.45) is 2.57. The highest BCUT2D eigenvalue weighted by Crippen LogP contribution is 2.24. The van der Waals surface area contributed by atoms with E-state index in [-0.39, 0.29) is 17.7 Å². The van der Waals surface area contributed by atoms with Gasteiger partial charge in [0.2, 0.25) is 0 Å². The molecule has 0 aliphatic rings. The number of hydrogen-bond donors (Lipinski definition) is 4. The zero-order valence-electron chi connectivity index (χ0n) is 18.6. The van der Waals surface area contributed by atoms with Gasteiger partial charge in [-0.3, -0.25) is 10.1 Å². The molecule has 0 bridgehead atoms. The second kappa shape index (κ2) is 11.4. The maximum Gasteiger partial charge on any atom is 0.320 e. The lowest BCUT2D eigenvalue weighted by atomic mass is 10.1. The number of nitrogens with one attached hydrogen (secondary N) is 4. The van der Waals surface area contributed by atoms with Gasteiger partial charge >= 0.3 is 6.03 Å². The second-order valence-corrected chi connectivity index (χ2v) is 7.44. The average Bonchev–Trinajstić information content (AvgIpc) is 2.79. The fourth-order valence-corrected chi connectivity index (χ4v) is 3.08. The van der Waals surface area contributed by atoms with Gasteiger partial charge in [-0.15, -0.1) is 0 Å². The van der Waals surface area contributed by atoms with Crippen LogP contribution in [0.3, 0.4) is 0 Å². The molecule has 0 unspecified atom stereocenters. The van der Waals surface area contributed by atoms with Gasteiger partial charge in [0.1, 0.15) is 11.6 Å². The van der Waals surface area contributed by atoms with Crippen molar-refractivity contribution in [2.24, 2.45) is 0 Å². The number of aryl methyl sites for hydroxylation is 1. The summed E-state index contributed by atoms with van der Waals surface area (Å²) in [5.74, 6) is 0.108. The molecule has 0 saturated carbocycles. The van der Waals surface area contributed by atoms with Crippen molar-refractivity contribution < 1.29 is 14.4 Å². The fourth-order valence-electron chi connectivity index (χ4n) is 3.08. The number of urea groups is 1. The van der Waals surface area contributed by atoms with E-state index in [1.165, 1.54) is 6.20 Å². The van der Waals surface area contributed by atoms with E-state index in [0.29, 0.717) is 42.1 Å². The van der Waals surface area contributed by atoms with Crippen LogP contribution < -0.4 is 21.3 Å². The lowest BCUT2D eigenvalue weighted by Gasteiger charge is -2.14. The van der Waals surface area contributed by atoms with Crippen LogP contribution in [0.1, 0.15) is 36.2 Å². The van der Waals surface area contributed by atoms with E-state index in [2.05, 4.69) is 26.3 Å². The second-order valence-electron chi connectivity index (χ2n) is 7.44. The Labute approximate surface area is 192 Å². The topological polar surface area (TPSA) is 112 Å². The normalized spacial score (nSPS) is 10.2. The van der Waals surface area contributed by atoms with Gasteiger partial charge in [-0.25, -0.2) is 9.78 Å². The molecule has 3 aromatic rings. The van der Waals surface area contributed by atoms with Gasteiger partial charge in [-0.05, 0) is 50.1 Å². The minimum absolute atomic E-state index is 0.142. The first-order valence-electron chi connectivity index (χ1n) is 10.7. The molecule has 0 fully saturated rings. The van der Waals surface area contributed by atoms with Crippen molar-refractivity contribution in [2.45, 2.75) is 26.7 Å². The quantitative estimate of drug-likeness (QED) is 0.380. The third kappa shape index (κ3) is 7.17. The molecule has 33 heavy (non-hydrogen) atoms. The molecule has 0 radical (unpaired) electrons. The largest absolute Gasteiger partial charge is 0.355 e. The first-order chi connectivity index (χ1) is 15.9. The lowest BCUT2D eigenvalue weighted by Crippen LogP contribution is -2.28. The van der Waals surface area contributed by atoms with Crippen LogP contribution in [-0.4, -0.2) is 29.3 Å². The monoisotopic (exact) mass is 445 g/mol. The zero-order valence-corrected chi connectivity index (χ0v) is 18.6. The number of anilines is 4. The van der Waals surface area contributed by atoms with Crippen LogP contribution in [0.15, 0.2) is 66.9 Å². The summed E-state index contributed by atoms with van der Waals surface area (Å²) < 4.78 is 0. The summed E-state index contributed by atoms with van der Waals surface area (Å²) in [4.78, 5) is 40.3. The molecule has 0 saturated heterocycles. The summed E-state index contributed by atoms with van der Waals surface area (Å²) in [5, 5.41) is 11.4. The van der Waals surface area contributed by atoms with E-state index in [4.69, 9.17) is 0 Å². The van der Waals surface area contributed by atoms with E-state index < -0.39 is 0 Å². The van der Waals surface area contributed by atoms with Crippen LogP contribution in [-0.2, 0) is 11.2 Å². The number of ketones is 1. The predicted octanol–water partition coefficient (Wildman–Crippen LogP) is 4.74. The summed E-state index contributed by atoms with van der Waals surface area (Å²) in [5.41, 5.74) is 3.26. The van der Waals surface area contributed by atoms with Crippen LogP contribution >= 0.6 is 0 Å². The highest BCUT2D eigenvalue weighted by atomic mass is 16.2. The highest BCUT2D eigenvalue weighted by molar-refractivity contribution is 6.08. The molecule has 170 valence electrons. The van der Waals surface area contributed by atoms with Gasteiger partial charge < -0.3 is 20.7 Å². The number of aromatic nitrogens is 1. The smallest absolute Gasteiger partial charge is 0.320 e. The van der Waals surface area contributed by atoms with Gasteiger partial charge in [-0.1, -0.05) is 30.3 Å². The summed E-state index contributed by atoms with van der Waals surface area (Å²) in [6.45, 7) is 3.87. The molecule has 3 rings (SSSR count). The fraction of sp³-hybridized carbons (Fsp3) is 0.200. The number of pyridine rings is 1. The number of benzene rings is 2. The predicted molar refractivity (Wildman–Crippen MR) is 130 cm³/mol. The Morgan fingerprint density at radius 2 is 1.64 bits per heavy atom. The molecule has 1 heterocycles. The van der Waals surface area contributed by atoms with Crippen molar-refractivity contribution in [3.8, 4) is 0 Å². The maximum atomic E-state index is 13.0. The van der Waals surface area contributed by atoms with Gasteiger partial charge in [0, 0.05) is 36.6 Å². The van der Waals surface area contributed by atoms with E-state index in [1.54, 1.807) is 25.1 Å². The molecule has 1 aromatic heterocycles. The van der Waals surface area contributed by atoms with Crippen LogP contribution in [0, 0.1) is 0 Å². The molecule has 0 spiro atoms. The van der Waals surface area contributed by atoms with Crippen LogP contribution in [0.4, 0.5) is 27.7 Å². The number of rotatable bonds is 9. The van der Waals surface area contributed by atoms with Crippen molar-refractivity contribution in [3.63, 3.8) is 0 Å². The number of Topliss-reactive ketones (excluding diaryl/α,β-unsaturated/α-hetero) is 1. The molecule has 8 heteroatoms. The van der Waals surface area contributed by atoms with Crippen molar-refractivity contribution in [2.75, 3.05) is 22.5 Å². The molecule has 0 atom stereocenters. The highest BCUT2D eigenvalue weighted by Gasteiger charge is 2.15. The molecular formula is C25H27N5O3. The molecule has 0 aliphatic carbocycles. The number of nitrogens with zero attached hydrogens (tertiary/aromatic N) is 1. The standard InChI is InChI=1S/C25H27N5O3/c1-3-26-25(33)30-23-15-22(28-19-7-5-4-6-8-19)21(16-27-23)24(32)29-20-13-11-18(12-14-20)10-9-17(2)31/h4-8,11-16H,3,9-10H2,1-2H3,(H,29,32)(H3,26,27,28,30,33). The molecule has 8 nitrogen and oxygen atoms in total.